The van der Waals surface area contributed by atoms with Crippen molar-refractivity contribution in [3.8, 4) is 18.1 Å². The molecule has 0 amide bonds. The lowest BCUT2D eigenvalue weighted by atomic mass is 10.3. The van der Waals surface area contributed by atoms with Gasteiger partial charge in [-0.05, 0) is 29.3 Å². The maximum absolute atomic E-state index is 10.7. The van der Waals surface area contributed by atoms with Gasteiger partial charge in [0.2, 0.25) is 0 Å². The number of ether oxygens (including phenoxy) is 1. The standard InChI is InChI=1S/C10H11NO3S/c1-3-6-11-9-5-4-8(15(12)13)7-10(9)14-2/h1,4-5,7,11H,6H2,2H3,(H,12,13)/p-1. The van der Waals surface area contributed by atoms with Gasteiger partial charge in [0.25, 0.3) is 0 Å². The van der Waals surface area contributed by atoms with Gasteiger partial charge in [-0.1, -0.05) is 5.92 Å². The molecule has 0 aliphatic rings. The molecule has 1 N–H and O–H groups in total. The molecule has 5 heteroatoms. The summed E-state index contributed by atoms with van der Waals surface area (Å²) in [4.78, 5) is 0.179. The molecule has 0 radical (unpaired) electrons. The van der Waals surface area contributed by atoms with E-state index in [1.54, 1.807) is 6.07 Å². The Labute approximate surface area is 90.9 Å². The van der Waals surface area contributed by atoms with Crippen molar-refractivity contribution in [2.75, 3.05) is 19.0 Å². The van der Waals surface area contributed by atoms with Crippen LogP contribution in [0.25, 0.3) is 0 Å². The first kappa shape index (κ1) is 11.6. The summed E-state index contributed by atoms with van der Waals surface area (Å²) in [5.41, 5.74) is 0.671. The average molecular weight is 224 g/mol. The summed E-state index contributed by atoms with van der Waals surface area (Å²) >= 11 is -2.25. The van der Waals surface area contributed by atoms with E-state index < -0.39 is 11.1 Å². The Kier molecular flexibility index (Phi) is 4.16. The quantitative estimate of drug-likeness (QED) is 0.611. The summed E-state index contributed by atoms with van der Waals surface area (Å²) in [6, 6.07) is 4.52. The highest BCUT2D eigenvalue weighted by Crippen LogP contribution is 2.26. The second-order valence-corrected chi connectivity index (χ2v) is 3.60. The summed E-state index contributed by atoms with van der Waals surface area (Å²) in [5.74, 6) is 2.87. The third-order valence-electron chi connectivity index (χ3n) is 1.75. The van der Waals surface area contributed by atoms with Crippen molar-refractivity contribution < 1.29 is 13.5 Å². The molecule has 15 heavy (non-hydrogen) atoms. The maximum Gasteiger partial charge on any atom is 0.143 e. The number of benzene rings is 1. The molecule has 0 fully saturated rings. The first-order valence-corrected chi connectivity index (χ1v) is 5.21. The average Bonchev–Trinajstić information content (AvgIpc) is 2.25. The van der Waals surface area contributed by atoms with Crippen LogP contribution in [0.2, 0.25) is 0 Å². The lowest BCUT2D eigenvalue weighted by Gasteiger charge is -2.12. The fourth-order valence-electron chi connectivity index (χ4n) is 1.07. The number of rotatable bonds is 4. The fourth-order valence-corrected chi connectivity index (χ4v) is 1.45. The monoisotopic (exact) mass is 224 g/mol. The minimum absolute atomic E-state index is 0.179. The molecule has 0 spiro atoms. The Bertz CT molecular complexity index is 412. The number of methoxy groups -OCH3 is 1. The first-order valence-electron chi connectivity index (χ1n) is 4.13. The Hall–Kier alpha value is -1.51. The third-order valence-corrected chi connectivity index (χ3v) is 2.39. The van der Waals surface area contributed by atoms with Crippen molar-refractivity contribution in [3.05, 3.63) is 18.2 Å². The molecule has 0 heterocycles. The van der Waals surface area contributed by atoms with Crippen LogP contribution in [0.4, 0.5) is 5.69 Å². The van der Waals surface area contributed by atoms with Crippen LogP contribution >= 0.6 is 0 Å². The van der Waals surface area contributed by atoms with Crippen molar-refractivity contribution in [2.45, 2.75) is 4.90 Å². The Morgan fingerprint density at radius 3 is 2.93 bits per heavy atom. The summed E-state index contributed by atoms with van der Waals surface area (Å²) in [6.07, 6.45) is 5.09. The zero-order chi connectivity index (χ0) is 11.3. The molecule has 4 nitrogen and oxygen atoms in total. The van der Waals surface area contributed by atoms with Gasteiger partial charge in [-0.3, -0.25) is 4.21 Å². The highest BCUT2D eigenvalue weighted by Gasteiger charge is 2.03. The molecule has 0 saturated heterocycles. The van der Waals surface area contributed by atoms with Gasteiger partial charge >= 0.3 is 0 Å². The van der Waals surface area contributed by atoms with Gasteiger partial charge in [-0.25, -0.2) is 0 Å². The molecule has 80 valence electrons. The minimum atomic E-state index is -2.25. The maximum atomic E-state index is 10.7. The van der Waals surface area contributed by atoms with Crippen LogP contribution in [0.1, 0.15) is 0 Å². The van der Waals surface area contributed by atoms with Crippen molar-refractivity contribution in [1.29, 1.82) is 0 Å². The van der Waals surface area contributed by atoms with Crippen LogP contribution in [-0.2, 0) is 11.1 Å². The van der Waals surface area contributed by atoms with Gasteiger partial charge in [0.1, 0.15) is 5.75 Å². The Morgan fingerprint density at radius 2 is 2.40 bits per heavy atom. The number of nitrogens with one attached hydrogen (secondary N) is 1. The van der Waals surface area contributed by atoms with Crippen molar-refractivity contribution >= 4 is 16.8 Å². The number of hydrogen-bond acceptors (Lipinski definition) is 4. The van der Waals surface area contributed by atoms with Crippen molar-refractivity contribution in [2.24, 2.45) is 0 Å². The Morgan fingerprint density at radius 1 is 1.67 bits per heavy atom. The van der Waals surface area contributed by atoms with Crippen LogP contribution in [0, 0.1) is 12.3 Å². The summed E-state index contributed by atoms with van der Waals surface area (Å²) in [6.45, 7) is 0.357. The Balaban J connectivity index is 2.99. The van der Waals surface area contributed by atoms with Gasteiger partial charge in [0.05, 0.1) is 19.3 Å². The van der Waals surface area contributed by atoms with Gasteiger partial charge in [0, 0.05) is 4.90 Å². The van der Waals surface area contributed by atoms with Gasteiger partial charge in [-0.2, -0.15) is 0 Å². The van der Waals surface area contributed by atoms with Crippen LogP contribution in [0.3, 0.4) is 0 Å². The van der Waals surface area contributed by atoms with E-state index >= 15 is 0 Å². The molecule has 0 aliphatic heterocycles. The van der Waals surface area contributed by atoms with Crippen LogP contribution in [0.15, 0.2) is 23.1 Å². The molecule has 1 aromatic rings. The third kappa shape index (κ3) is 2.98. The normalized spacial score (nSPS) is 11.5. The highest BCUT2D eigenvalue weighted by atomic mass is 32.2. The molecule has 1 aromatic carbocycles. The minimum Gasteiger partial charge on any atom is -0.768 e. The molecule has 0 bridgehead atoms. The van der Waals surface area contributed by atoms with E-state index in [2.05, 4.69) is 11.2 Å². The van der Waals surface area contributed by atoms with Crippen LogP contribution in [0.5, 0.6) is 5.75 Å². The van der Waals surface area contributed by atoms with Crippen LogP contribution < -0.4 is 10.1 Å². The topological polar surface area (TPSA) is 61.4 Å². The second-order valence-electron chi connectivity index (χ2n) is 2.65. The fraction of sp³-hybridized carbons (Fsp3) is 0.200. The predicted octanol–water partition coefficient (Wildman–Crippen LogP) is 0.978. The summed E-state index contributed by atoms with van der Waals surface area (Å²) in [7, 11) is 1.47. The molecule has 0 aromatic heterocycles. The second kappa shape index (κ2) is 5.39. The predicted molar refractivity (Wildman–Crippen MR) is 57.5 cm³/mol. The first-order chi connectivity index (χ1) is 7.19. The number of hydrogen-bond donors (Lipinski definition) is 1. The van der Waals surface area contributed by atoms with Crippen LogP contribution in [-0.4, -0.2) is 22.4 Å². The molecular weight excluding hydrogens is 214 g/mol. The molecule has 1 unspecified atom stereocenters. The summed E-state index contributed by atoms with van der Waals surface area (Å²) < 4.78 is 26.4. The SMILES string of the molecule is C#CCNc1ccc(S(=O)[O-])cc1OC. The molecule has 1 rings (SSSR count). The zero-order valence-corrected chi connectivity index (χ0v) is 8.97. The van der Waals surface area contributed by atoms with Crippen molar-refractivity contribution in [1.82, 2.24) is 0 Å². The van der Waals surface area contributed by atoms with E-state index in [1.165, 1.54) is 19.2 Å². The lowest BCUT2D eigenvalue weighted by Crippen LogP contribution is -2.01. The van der Waals surface area contributed by atoms with E-state index in [0.29, 0.717) is 18.0 Å². The summed E-state index contributed by atoms with van der Waals surface area (Å²) in [5, 5.41) is 2.92. The molecule has 0 saturated carbocycles. The largest absolute Gasteiger partial charge is 0.768 e. The number of terminal acetylenes is 1. The number of anilines is 1. The van der Waals surface area contributed by atoms with Gasteiger partial charge < -0.3 is 14.6 Å². The molecular formula is C10H10NO3S-. The van der Waals surface area contributed by atoms with Gasteiger partial charge in [0.15, 0.2) is 0 Å². The molecule has 0 aliphatic carbocycles. The van der Waals surface area contributed by atoms with E-state index in [0.717, 1.165) is 0 Å². The van der Waals surface area contributed by atoms with E-state index in [9.17, 15) is 8.76 Å². The van der Waals surface area contributed by atoms with E-state index in [1.807, 2.05) is 0 Å². The van der Waals surface area contributed by atoms with E-state index in [4.69, 9.17) is 11.2 Å². The lowest BCUT2D eigenvalue weighted by molar-refractivity contribution is 0.415. The molecule has 1 atom stereocenters. The zero-order valence-electron chi connectivity index (χ0n) is 8.15. The smallest absolute Gasteiger partial charge is 0.143 e. The van der Waals surface area contributed by atoms with Crippen molar-refractivity contribution in [3.63, 3.8) is 0 Å². The van der Waals surface area contributed by atoms with Gasteiger partial charge in [-0.15, -0.1) is 6.42 Å². The van der Waals surface area contributed by atoms with E-state index in [-0.39, 0.29) is 4.90 Å². The highest BCUT2D eigenvalue weighted by molar-refractivity contribution is 7.79.